The molecule has 0 saturated heterocycles. The van der Waals surface area contributed by atoms with Gasteiger partial charge < -0.3 is 14.2 Å². The van der Waals surface area contributed by atoms with Crippen molar-refractivity contribution in [2.24, 2.45) is 0 Å². The second-order valence-corrected chi connectivity index (χ2v) is 5.54. The molecule has 0 radical (unpaired) electrons. The van der Waals surface area contributed by atoms with Crippen LogP contribution in [0, 0.1) is 0 Å². The van der Waals surface area contributed by atoms with Crippen LogP contribution in [-0.4, -0.2) is 26.8 Å². The van der Waals surface area contributed by atoms with Gasteiger partial charge in [-0.3, -0.25) is 0 Å². The summed E-state index contributed by atoms with van der Waals surface area (Å²) in [4.78, 5) is 11.6. The van der Waals surface area contributed by atoms with Crippen LogP contribution in [0.15, 0.2) is 36.4 Å². The standard InChI is InChI=1S/C17H16Cl2O4/c1-21-15-6-4-12(17(20)22-2)9-16(15)23-8-7-11-3-5-13(18)10-14(11)19/h3-6,9-10H,7-8H2,1-2H3. The fourth-order valence-electron chi connectivity index (χ4n) is 2.03. The first-order valence-corrected chi connectivity index (χ1v) is 7.64. The summed E-state index contributed by atoms with van der Waals surface area (Å²) in [5.41, 5.74) is 1.33. The van der Waals surface area contributed by atoms with Crippen LogP contribution < -0.4 is 9.47 Å². The normalized spacial score (nSPS) is 10.3. The first-order chi connectivity index (χ1) is 11.0. The van der Waals surface area contributed by atoms with Crippen LogP contribution in [0.25, 0.3) is 0 Å². The predicted molar refractivity (Wildman–Crippen MR) is 90.0 cm³/mol. The van der Waals surface area contributed by atoms with Gasteiger partial charge in [0.1, 0.15) is 0 Å². The average Bonchev–Trinajstić information content (AvgIpc) is 2.56. The van der Waals surface area contributed by atoms with Crippen molar-refractivity contribution in [1.29, 1.82) is 0 Å². The monoisotopic (exact) mass is 354 g/mol. The van der Waals surface area contributed by atoms with Crippen LogP contribution in [0.3, 0.4) is 0 Å². The van der Waals surface area contributed by atoms with Crippen LogP contribution in [0.5, 0.6) is 11.5 Å². The van der Waals surface area contributed by atoms with Gasteiger partial charge in [0, 0.05) is 16.5 Å². The van der Waals surface area contributed by atoms with Gasteiger partial charge in [-0.1, -0.05) is 29.3 Å². The van der Waals surface area contributed by atoms with Gasteiger partial charge in [-0.25, -0.2) is 4.79 Å². The molecule has 6 heteroatoms. The number of benzene rings is 2. The van der Waals surface area contributed by atoms with Crippen molar-refractivity contribution in [3.8, 4) is 11.5 Å². The lowest BCUT2D eigenvalue weighted by Gasteiger charge is -2.12. The van der Waals surface area contributed by atoms with Gasteiger partial charge >= 0.3 is 5.97 Å². The molecule has 0 unspecified atom stereocenters. The number of methoxy groups -OCH3 is 2. The summed E-state index contributed by atoms with van der Waals surface area (Å²) in [6.45, 7) is 0.377. The van der Waals surface area contributed by atoms with Crippen molar-refractivity contribution in [3.63, 3.8) is 0 Å². The minimum Gasteiger partial charge on any atom is -0.493 e. The molecular weight excluding hydrogens is 339 g/mol. The molecule has 4 nitrogen and oxygen atoms in total. The SMILES string of the molecule is COC(=O)c1ccc(OC)c(OCCc2ccc(Cl)cc2Cl)c1. The van der Waals surface area contributed by atoms with E-state index < -0.39 is 5.97 Å². The molecule has 0 aliphatic carbocycles. The zero-order chi connectivity index (χ0) is 16.8. The maximum atomic E-state index is 11.6. The maximum absolute atomic E-state index is 11.6. The Morgan fingerprint density at radius 1 is 1.04 bits per heavy atom. The summed E-state index contributed by atoms with van der Waals surface area (Å²) in [5, 5.41) is 1.18. The summed E-state index contributed by atoms with van der Waals surface area (Å²) in [7, 11) is 2.87. The molecular formula is C17H16Cl2O4. The molecule has 2 aromatic carbocycles. The zero-order valence-corrected chi connectivity index (χ0v) is 14.3. The minimum atomic E-state index is -0.432. The van der Waals surface area contributed by atoms with E-state index in [2.05, 4.69) is 0 Å². The number of carbonyl (C=O) groups is 1. The molecule has 0 amide bonds. The van der Waals surface area contributed by atoms with Gasteiger partial charge in [0.25, 0.3) is 0 Å². The van der Waals surface area contributed by atoms with Crippen LogP contribution in [0.2, 0.25) is 10.0 Å². The van der Waals surface area contributed by atoms with Gasteiger partial charge in [0.2, 0.25) is 0 Å². The van der Waals surface area contributed by atoms with Crippen molar-refractivity contribution in [1.82, 2.24) is 0 Å². The van der Waals surface area contributed by atoms with E-state index in [0.29, 0.717) is 40.1 Å². The highest BCUT2D eigenvalue weighted by Gasteiger charge is 2.11. The molecule has 0 N–H and O–H groups in total. The van der Waals surface area contributed by atoms with Gasteiger partial charge in [-0.15, -0.1) is 0 Å². The van der Waals surface area contributed by atoms with Crippen LogP contribution in [0.4, 0.5) is 0 Å². The average molecular weight is 355 g/mol. The zero-order valence-electron chi connectivity index (χ0n) is 12.8. The van der Waals surface area contributed by atoms with Crippen molar-refractivity contribution in [2.75, 3.05) is 20.8 Å². The number of carbonyl (C=O) groups excluding carboxylic acids is 1. The van der Waals surface area contributed by atoms with Crippen LogP contribution in [-0.2, 0) is 11.2 Å². The first kappa shape index (κ1) is 17.4. The fraction of sp³-hybridized carbons (Fsp3) is 0.235. The highest BCUT2D eigenvalue weighted by Crippen LogP contribution is 2.29. The van der Waals surface area contributed by atoms with Crippen molar-refractivity contribution in [3.05, 3.63) is 57.6 Å². The van der Waals surface area contributed by atoms with E-state index in [1.165, 1.54) is 14.2 Å². The van der Waals surface area contributed by atoms with Crippen molar-refractivity contribution in [2.45, 2.75) is 6.42 Å². The van der Waals surface area contributed by atoms with Gasteiger partial charge in [0.05, 0.1) is 26.4 Å². The molecule has 0 fully saturated rings. The molecule has 0 aliphatic rings. The number of rotatable bonds is 6. The van der Waals surface area contributed by atoms with E-state index in [4.69, 9.17) is 37.4 Å². The quantitative estimate of drug-likeness (QED) is 0.720. The second kappa shape index (κ2) is 8.09. The number of halogens is 2. The largest absolute Gasteiger partial charge is 0.493 e. The Kier molecular flexibility index (Phi) is 6.13. The molecule has 0 spiro atoms. The molecule has 0 heterocycles. The van der Waals surface area contributed by atoms with Gasteiger partial charge in [0.15, 0.2) is 11.5 Å². The van der Waals surface area contributed by atoms with Crippen LogP contribution >= 0.6 is 23.2 Å². The van der Waals surface area contributed by atoms with Gasteiger partial charge in [-0.05, 0) is 35.9 Å². The van der Waals surface area contributed by atoms with E-state index in [0.717, 1.165) is 5.56 Å². The predicted octanol–water partition coefficient (Wildman–Crippen LogP) is 4.41. The second-order valence-electron chi connectivity index (χ2n) is 4.69. The molecule has 0 bridgehead atoms. The Labute approximate surface area is 144 Å². The summed E-state index contributed by atoms with van der Waals surface area (Å²) >= 11 is 12.0. The van der Waals surface area contributed by atoms with E-state index in [1.54, 1.807) is 30.3 Å². The first-order valence-electron chi connectivity index (χ1n) is 6.88. The van der Waals surface area contributed by atoms with E-state index in [-0.39, 0.29) is 0 Å². The van der Waals surface area contributed by atoms with Crippen molar-refractivity contribution < 1.29 is 19.0 Å². The van der Waals surface area contributed by atoms with E-state index in [1.807, 2.05) is 6.07 Å². The summed E-state index contributed by atoms with van der Waals surface area (Å²) in [6, 6.07) is 10.2. The lowest BCUT2D eigenvalue weighted by Crippen LogP contribution is -2.06. The number of ether oxygens (including phenoxy) is 3. The minimum absolute atomic E-state index is 0.377. The lowest BCUT2D eigenvalue weighted by atomic mass is 10.1. The van der Waals surface area contributed by atoms with E-state index in [9.17, 15) is 4.79 Å². The van der Waals surface area contributed by atoms with Gasteiger partial charge in [-0.2, -0.15) is 0 Å². The van der Waals surface area contributed by atoms with Crippen molar-refractivity contribution >= 4 is 29.2 Å². The highest BCUT2D eigenvalue weighted by atomic mass is 35.5. The van der Waals surface area contributed by atoms with E-state index >= 15 is 0 Å². The molecule has 0 aromatic heterocycles. The summed E-state index contributed by atoms with van der Waals surface area (Å²) in [6.07, 6.45) is 0.599. The molecule has 0 atom stereocenters. The summed E-state index contributed by atoms with van der Waals surface area (Å²) in [5.74, 6) is 0.582. The molecule has 0 aliphatic heterocycles. The number of hydrogen-bond donors (Lipinski definition) is 0. The van der Waals surface area contributed by atoms with Crippen LogP contribution in [0.1, 0.15) is 15.9 Å². The Morgan fingerprint density at radius 3 is 2.48 bits per heavy atom. The lowest BCUT2D eigenvalue weighted by molar-refractivity contribution is 0.0600. The third-order valence-corrected chi connectivity index (χ3v) is 3.82. The Hall–Kier alpha value is -1.91. The maximum Gasteiger partial charge on any atom is 0.337 e. The smallest absolute Gasteiger partial charge is 0.337 e. The Balaban J connectivity index is 2.08. The fourth-order valence-corrected chi connectivity index (χ4v) is 2.53. The topological polar surface area (TPSA) is 44.8 Å². The Morgan fingerprint density at radius 2 is 1.83 bits per heavy atom. The molecule has 2 aromatic rings. The number of esters is 1. The molecule has 0 saturated carbocycles. The summed E-state index contributed by atoms with van der Waals surface area (Å²) < 4.78 is 15.7. The molecule has 2 rings (SSSR count). The third-order valence-electron chi connectivity index (χ3n) is 3.23. The molecule has 23 heavy (non-hydrogen) atoms. The Bertz CT molecular complexity index is 701. The molecule has 122 valence electrons. The highest BCUT2D eigenvalue weighted by molar-refractivity contribution is 6.35. The number of hydrogen-bond acceptors (Lipinski definition) is 4. The third kappa shape index (κ3) is 4.53.